The highest BCUT2D eigenvalue weighted by Gasteiger charge is 2.37. The number of amides is 1. The summed E-state index contributed by atoms with van der Waals surface area (Å²) in [6, 6.07) is 8.98. The van der Waals surface area contributed by atoms with E-state index in [4.69, 9.17) is 16.9 Å². The summed E-state index contributed by atoms with van der Waals surface area (Å²) in [5.74, 6) is -2.03. The number of piperidine rings is 1. The van der Waals surface area contributed by atoms with Crippen molar-refractivity contribution in [2.45, 2.75) is 19.8 Å². The highest BCUT2D eigenvalue weighted by atomic mass is 35.5. The van der Waals surface area contributed by atoms with Gasteiger partial charge in [-0.05, 0) is 31.9 Å². The first kappa shape index (κ1) is 14.5. The van der Waals surface area contributed by atoms with Crippen molar-refractivity contribution >= 4 is 29.0 Å². The second kappa shape index (κ2) is 6.06. The number of nitrogens with zero attached hydrogens (tertiary/aromatic N) is 2. The standard InChI is InChI=1S/C15H15ClN2O2/c1-10(9-17)14(19)11-5-4-8-18(15(11)20)13-7-3-2-6-12(13)16/h2-3,6-7,10-11H,4-5,8H2,1H3/t10-,11-/m0/s1. The first-order valence-electron chi connectivity index (χ1n) is 6.55. The second-order valence-corrected chi connectivity index (χ2v) is 5.30. The Labute approximate surface area is 122 Å². The Balaban J connectivity index is 2.26. The number of nitriles is 1. The zero-order chi connectivity index (χ0) is 14.7. The lowest BCUT2D eigenvalue weighted by Gasteiger charge is -2.32. The number of carbonyl (C=O) groups is 2. The molecule has 1 aliphatic heterocycles. The number of ketones is 1. The van der Waals surface area contributed by atoms with Crippen LogP contribution >= 0.6 is 11.6 Å². The summed E-state index contributed by atoms with van der Waals surface area (Å²) >= 11 is 6.11. The van der Waals surface area contributed by atoms with E-state index in [-0.39, 0.29) is 11.7 Å². The fourth-order valence-corrected chi connectivity index (χ4v) is 2.65. The van der Waals surface area contributed by atoms with Gasteiger partial charge >= 0.3 is 0 Å². The van der Waals surface area contributed by atoms with Crippen LogP contribution in [-0.4, -0.2) is 18.2 Å². The molecule has 5 heteroatoms. The molecular weight excluding hydrogens is 276 g/mol. The van der Waals surface area contributed by atoms with Gasteiger partial charge in [-0.2, -0.15) is 5.26 Å². The van der Waals surface area contributed by atoms with Gasteiger partial charge in [0.2, 0.25) is 5.91 Å². The minimum absolute atomic E-state index is 0.253. The van der Waals surface area contributed by atoms with E-state index in [0.717, 1.165) is 6.42 Å². The first-order chi connectivity index (χ1) is 9.56. The molecule has 0 unspecified atom stereocenters. The van der Waals surface area contributed by atoms with E-state index in [9.17, 15) is 9.59 Å². The zero-order valence-corrected chi connectivity index (χ0v) is 11.9. The molecule has 2 atom stereocenters. The highest BCUT2D eigenvalue weighted by Crippen LogP contribution is 2.31. The molecule has 1 amide bonds. The van der Waals surface area contributed by atoms with Gasteiger partial charge in [0, 0.05) is 6.54 Å². The Morgan fingerprint density at radius 1 is 1.50 bits per heavy atom. The lowest BCUT2D eigenvalue weighted by molar-refractivity contribution is -0.135. The summed E-state index contributed by atoms with van der Waals surface area (Å²) in [6.45, 7) is 2.08. The van der Waals surface area contributed by atoms with Crippen LogP contribution < -0.4 is 4.90 Å². The molecule has 4 nitrogen and oxygen atoms in total. The fraction of sp³-hybridized carbons (Fsp3) is 0.400. The number of hydrogen-bond acceptors (Lipinski definition) is 3. The summed E-state index contributed by atoms with van der Waals surface area (Å²) in [6.07, 6.45) is 1.23. The minimum atomic E-state index is -0.754. The van der Waals surface area contributed by atoms with Crippen molar-refractivity contribution in [2.75, 3.05) is 11.4 Å². The first-order valence-corrected chi connectivity index (χ1v) is 6.93. The molecule has 1 heterocycles. The monoisotopic (exact) mass is 290 g/mol. The van der Waals surface area contributed by atoms with Gasteiger partial charge < -0.3 is 4.90 Å². The Bertz CT molecular complexity index is 579. The molecule has 0 N–H and O–H groups in total. The number of para-hydroxylation sites is 1. The summed E-state index contributed by atoms with van der Waals surface area (Å²) in [5, 5.41) is 9.32. The summed E-state index contributed by atoms with van der Waals surface area (Å²) in [4.78, 5) is 26.1. The third kappa shape index (κ3) is 2.68. The van der Waals surface area contributed by atoms with Gasteiger partial charge in [0.05, 0.1) is 22.7 Å². The smallest absolute Gasteiger partial charge is 0.237 e. The molecule has 0 bridgehead atoms. The maximum absolute atomic E-state index is 12.5. The molecule has 0 saturated carbocycles. The Morgan fingerprint density at radius 2 is 2.20 bits per heavy atom. The lowest BCUT2D eigenvalue weighted by atomic mass is 9.87. The van der Waals surface area contributed by atoms with Gasteiger partial charge in [-0.25, -0.2) is 0 Å². The van der Waals surface area contributed by atoms with Crippen LogP contribution in [0.4, 0.5) is 5.69 Å². The lowest BCUT2D eigenvalue weighted by Crippen LogP contribution is -2.45. The van der Waals surface area contributed by atoms with Gasteiger partial charge in [0.1, 0.15) is 5.92 Å². The van der Waals surface area contributed by atoms with Crippen LogP contribution in [0.1, 0.15) is 19.8 Å². The van der Waals surface area contributed by atoms with Crippen LogP contribution in [0.15, 0.2) is 24.3 Å². The van der Waals surface area contributed by atoms with E-state index in [2.05, 4.69) is 0 Å². The zero-order valence-electron chi connectivity index (χ0n) is 11.2. The van der Waals surface area contributed by atoms with Gasteiger partial charge in [0.25, 0.3) is 0 Å². The van der Waals surface area contributed by atoms with Crippen molar-refractivity contribution in [1.82, 2.24) is 0 Å². The van der Waals surface area contributed by atoms with Crippen molar-refractivity contribution in [3.05, 3.63) is 29.3 Å². The van der Waals surface area contributed by atoms with Crippen LogP contribution in [0.25, 0.3) is 0 Å². The number of carbonyl (C=O) groups excluding carboxylic acids is 2. The molecule has 0 aliphatic carbocycles. The number of rotatable bonds is 3. The molecule has 0 aromatic heterocycles. The quantitative estimate of drug-likeness (QED) is 0.804. The normalized spacial score (nSPS) is 20.4. The molecule has 1 aliphatic rings. The van der Waals surface area contributed by atoms with Crippen LogP contribution in [0, 0.1) is 23.2 Å². The van der Waals surface area contributed by atoms with Crippen LogP contribution in [0.5, 0.6) is 0 Å². The largest absolute Gasteiger partial charge is 0.310 e. The molecule has 2 rings (SSSR count). The summed E-state index contributed by atoms with van der Waals surface area (Å²) < 4.78 is 0. The molecule has 0 radical (unpaired) electrons. The van der Waals surface area contributed by atoms with Crippen molar-refractivity contribution in [3.63, 3.8) is 0 Å². The predicted octanol–water partition coefficient (Wildman–Crippen LogP) is 2.81. The minimum Gasteiger partial charge on any atom is -0.310 e. The van der Waals surface area contributed by atoms with Gasteiger partial charge in [-0.15, -0.1) is 0 Å². The maximum atomic E-state index is 12.5. The van der Waals surface area contributed by atoms with Crippen LogP contribution in [0.3, 0.4) is 0 Å². The number of benzene rings is 1. The molecule has 20 heavy (non-hydrogen) atoms. The Morgan fingerprint density at radius 3 is 2.85 bits per heavy atom. The average molecular weight is 291 g/mol. The number of anilines is 1. The van der Waals surface area contributed by atoms with Gasteiger partial charge in [-0.1, -0.05) is 23.7 Å². The third-order valence-corrected chi connectivity index (χ3v) is 3.87. The van der Waals surface area contributed by atoms with Gasteiger partial charge in [0.15, 0.2) is 5.78 Å². The van der Waals surface area contributed by atoms with E-state index >= 15 is 0 Å². The Hall–Kier alpha value is -1.86. The molecule has 0 spiro atoms. The number of halogens is 1. The summed E-state index contributed by atoms with van der Waals surface area (Å²) in [7, 11) is 0. The van der Waals surface area contributed by atoms with Crippen molar-refractivity contribution < 1.29 is 9.59 Å². The van der Waals surface area contributed by atoms with E-state index in [1.807, 2.05) is 6.07 Å². The number of hydrogen-bond donors (Lipinski definition) is 0. The molecule has 1 aromatic carbocycles. The second-order valence-electron chi connectivity index (χ2n) is 4.89. The van der Waals surface area contributed by atoms with E-state index in [1.165, 1.54) is 6.92 Å². The molecular formula is C15H15ClN2O2. The highest BCUT2D eigenvalue weighted by molar-refractivity contribution is 6.34. The SMILES string of the molecule is C[C@@H](C#N)C(=O)[C@@H]1CCCN(c2ccccc2Cl)C1=O. The van der Waals surface area contributed by atoms with E-state index in [1.54, 1.807) is 29.2 Å². The molecule has 104 valence electrons. The Kier molecular flexibility index (Phi) is 4.41. The molecule has 1 aromatic rings. The molecule has 1 fully saturated rings. The van der Waals surface area contributed by atoms with Gasteiger partial charge in [-0.3, -0.25) is 9.59 Å². The van der Waals surface area contributed by atoms with Crippen LogP contribution in [0.2, 0.25) is 5.02 Å². The number of Topliss-reactive ketones (excluding diaryl/α,β-unsaturated/α-hetero) is 1. The van der Waals surface area contributed by atoms with Crippen molar-refractivity contribution in [1.29, 1.82) is 5.26 Å². The van der Waals surface area contributed by atoms with Crippen LogP contribution in [-0.2, 0) is 9.59 Å². The molecule has 1 saturated heterocycles. The van der Waals surface area contributed by atoms with E-state index < -0.39 is 11.8 Å². The fourth-order valence-electron chi connectivity index (χ4n) is 2.41. The summed E-state index contributed by atoms with van der Waals surface area (Å²) in [5.41, 5.74) is 0.626. The van der Waals surface area contributed by atoms with Crippen molar-refractivity contribution in [2.24, 2.45) is 11.8 Å². The maximum Gasteiger partial charge on any atom is 0.237 e. The predicted molar refractivity (Wildman–Crippen MR) is 76.3 cm³/mol. The average Bonchev–Trinajstić information content (AvgIpc) is 2.47. The van der Waals surface area contributed by atoms with E-state index in [0.29, 0.717) is 23.7 Å². The topological polar surface area (TPSA) is 61.2 Å². The third-order valence-electron chi connectivity index (χ3n) is 3.55. The van der Waals surface area contributed by atoms with Crippen molar-refractivity contribution in [3.8, 4) is 6.07 Å².